The highest BCUT2D eigenvalue weighted by Gasteiger charge is 2.15. The number of rotatable bonds is 5. The zero-order valence-corrected chi connectivity index (χ0v) is 12.0. The highest BCUT2D eigenvalue weighted by molar-refractivity contribution is 5.79. The van der Waals surface area contributed by atoms with E-state index in [1.807, 2.05) is 0 Å². The van der Waals surface area contributed by atoms with Crippen molar-refractivity contribution in [2.24, 2.45) is 0 Å². The van der Waals surface area contributed by atoms with Gasteiger partial charge in [0.1, 0.15) is 5.82 Å². The molecule has 1 N–H and O–H groups in total. The second kappa shape index (κ2) is 5.55. The van der Waals surface area contributed by atoms with Crippen LogP contribution in [0.15, 0.2) is 12.1 Å². The summed E-state index contributed by atoms with van der Waals surface area (Å²) in [5.74, 6) is 1.77. The number of aromatic amines is 1. The molecule has 0 aliphatic carbocycles. The van der Waals surface area contributed by atoms with Crippen LogP contribution in [0.1, 0.15) is 62.4 Å². The van der Waals surface area contributed by atoms with Gasteiger partial charge in [0.25, 0.3) is 0 Å². The quantitative estimate of drug-likeness (QED) is 0.799. The highest BCUT2D eigenvalue weighted by Crippen LogP contribution is 2.27. The van der Waals surface area contributed by atoms with Gasteiger partial charge in [0.15, 0.2) is 0 Å². The van der Waals surface area contributed by atoms with Gasteiger partial charge in [-0.05, 0) is 43.9 Å². The molecule has 0 saturated carbocycles. The second-order valence-electron chi connectivity index (χ2n) is 5.37. The van der Waals surface area contributed by atoms with Gasteiger partial charge in [-0.2, -0.15) is 0 Å². The van der Waals surface area contributed by atoms with E-state index in [9.17, 15) is 0 Å². The van der Waals surface area contributed by atoms with Crippen molar-refractivity contribution in [2.75, 3.05) is 0 Å². The predicted molar refractivity (Wildman–Crippen MR) is 78.1 cm³/mol. The maximum absolute atomic E-state index is 4.84. The molecule has 0 amide bonds. The molecule has 2 nitrogen and oxygen atoms in total. The Kier molecular flexibility index (Phi) is 4.05. The molecule has 0 unspecified atom stereocenters. The lowest BCUT2D eigenvalue weighted by Gasteiger charge is -2.11. The van der Waals surface area contributed by atoms with Crippen molar-refractivity contribution in [3.8, 4) is 0 Å². The zero-order chi connectivity index (χ0) is 13.1. The van der Waals surface area contributed by atoms with Gasteiger partial charge in [-0.25, -0.2) is 4.98 Å². The number of aromatic nitrogens is 2. The smallest absolute Gasteiger partial charge is 0.110 e. The van der Waals surface area contributed by atoms with Crippen molar-refractivity contribution in [1.29, 1.82) is 0 Å². The molecule has 2 rings (SSSR count). The zero-order valence-electron chi connectivity index (χ0n) is 12.0. The minimum absolute atomic E-state index is 0.590. The third-order valence-electron chi connectivity index (χ3n) is 3.60. The molecule has 18 heavy (non-hydrogen) atoms. The first-order valence-corrected chi connectivity index (χ1v) is 7.12. The molecule has 0 saturated heterocycles. The van der Waals surface area contributed by atoms with Crippen LogP contribution in [0.25, 0.3) is 11.0 Å². The van der Waals surface area contributed by atoms with E-state index in [1.165, 1.54) is 48.2 Å². The molecule has 0 radical (unpaired) electrons. The number of hydrogen-bond acceptors (Lipinski definition) is 1. The van der Waals surface area contributed by atoms with Gasteiger partial charge < -0.3 is 4.98 Å². The Morgan fingerprint density at radius 2 is 1.78 bits per heavy atom. The number of imidazole rings is 1. The van der Waals surface area contributed by atoms with Crippen LogP contribution in [-0.2, 0) is 0 Å². The van der Waals surface area contributed by atoms with Gasteiger partial charge in [0.2, 0.25) is 0 Å². The Morgan fingerprint density at radius 3 is 2.39 bits per heavy atom. The third-order valence-corrected chi connectivity index (χ3v) is 3.60. The number of hydrogen-bond donors (Lipinski definition) is 1. The molecule has 0 aliphatic heterocycles. The van der Waals surface area contributed by atoms with E-state index in [-0.39, 0.29) is 0 Å². The van der Waals surface area contributed by atoms with E-state index in [4.69, 9.17) is 4.98 Å². The molecule has 1 heterocycles. The summed E-state index contributed by atoms with van der Waals surface area (Å²) in [6.07, 6.45) is 4.90. The van der Waals surface area contributed by atoms with Crippen LogP contribution >= 0.6 is 0 Å². The molecule has 1 aromatic carbocycles. The van der Waals surface area contributed by atoms with Crippen molar-refractivity contribution >= 4 is 11.0 Å². The fraction of sp³-hybridized carbons (Fsp3) is 0.562. The van der Waals surface area contributed by atoms with Crippen molar-refractivity contribution in [1.82, 2.24) is 9.97 Å². The highest BCUT2D eigenvalue weighted by atomic mass is 14.9. The molecule has 0 bridgehead atoms. The SMILES string of the molecule is CCCC(CCC)c1nc2c(C)cc(C)cc2[nH]1. The topological polar surface area (TPSA) is 28.7 Å². The Hall–Kier alpha value is -1.31. The standard InChI is InChI=1S/C16H24N2/c1-5-7-13(8-6-2)16-17-14-10-11(3)9-12(4)15(14)18-16/h9-10,13H,5-8H2,1-4H3,(H,17,18). The summed E-state index contributed by atoms with van der Waals surface area (Å²) in [5.41, 5.74) is 4.92. The van der Waals surface area contributed by atoms with E-state index in [0.717, 1.165) is 5.52 Å². The van der Waals surface area contributed by atoms with Crippen LogP contribution in [-0.4, -0.2) is 9.97 Å². The van der Waals surface area contributed by atoms with Gasteiger partial charge in [0.05, 0.1) is 11.0 Å². The molecule has 2 heteroatoms. The number of H-pyrrole nitrogens is 1. The molecular weight excluding hydrogens is 220 g/mol. The lowest BCUT2D eigenvalue weighted by atomic mass is 9.98. The molecule has 0 fully saturated rings. The van der Waals surface area contributed by atoms with E-state index < -0.39 is 0 Å². The molecule has 1 aromatic heterocycles. The van der Waals surface area contributed by atoms with Gasteiger partial charge in [-0.15, -0.1) is 0 Å². The average Bonchev–Trinajstić information content (AvgIpc) is 2.72. The second-order valence-corrected chi connectivity index (χ2v) is 5.37. The normalized spacial score (nSPS) is 11.6. The van der Waals surface area contributed by atoms with Gasteiger partial charge in [-0.1, -0.05) is 32.8 Å². The van der Waals surface area contributed by atoms with E-state index in [1.54, 1.807) is 0 Å². The first-order chi connectivity index (χ1) is 8.65. The van der Waals surface area contributed by atoms with Crippen LogP contribution in [0.5, 0.6) is 0 Å². The van der Waals surface area contributed by atoms with Crippen molar-refractivity contribution < 1.29 is 0 Å². The molecule has 0 spiro atoms. The Balaban J connectivity index is 2.41. The summed E-state index contributed by atoms with van der Waals surface area (Å²) in [6, 6.07) is 4.41. The van der Waals surface area contributed by atoms with Crippen molar-refractivity contribution in [2.45, 2.75) is 59.3 Å². The van der Waals surface area contributed by atoms with Crippen LogP contribution in [0, 0.1) is 13.8 Å². The molecule has 0 aliphatic rings. The third kappa shape index (κ3) is 2.58. The van der Waals surface area contributed by atoms with Crippen LogP contribution in [0.3, 0.4) is 0 Å². The minimum Gasteiger partial charge on any atom is -0.342 e. The Labute approximate surface area is 110 Å². The van der Waals surface area contributed by atoms with E-state index in [2.05, 4.69) is 44.8 Å². The average molecular weight is 244 g/mol. The maximum Gasteiger partial charge on any atom is 0.110 e. The number of fused-ring (bicyclic) bond motifs is 1. The summed E-state index contributed by atoms with van der Waals surface area (Å²) >= 11 is 0. The van der Waals surface area contributed by atoms with Crippen molar-refractivity contribution in [3.63, 3.8) is 0 Å². The van der Waals surface area contributed by atoms with Gasteiger partial charge in [-0.3, -0.25) is 0 Å². The summed E-state index contributed by atoms with van der Waals surface area (Å²) in [4.78, 5) is 8.37. The summed E-state index contributed by atoms with van der Waals surface area (Å²) in [7, 11) is 0. The fourth-order valence-corrected chi connectivity index (χ4v) is 2.80. The van der Waals surface area contributed by atoms with Crippen LogP contribution in [0.2, 0.25) is 0 Å². The monoisotopic (exact) mass is 244 g/mol. The number of benzene rings is 1. The summed E-state index contributed by atoms with van der Waals surface area (Å²) < 4.78 is 0. The van der Waals surface area contributed by atoms with Crippen LogP contribution < -0.4 is 0 Å². The number of nitrogens with one attached hydrogen (secondary N) is 1. The number of aryl methyl sites for hydroxylation is 2. The van der Waals surface area contributed by atoms with Gasteiger partial charge in [0, 0.05) is 5.92 Å². The Bertz CT molecular complexity index is 519. The largest absolute Gasteiger partial charge is 0.342 e. The molecular formula is C16H24N2. The Morgan fingerprint density at radius 1 is 1.11 bits per heavy atom. The first kappa shape index (κ1) is 13.1. The fourth-order valence-electron chi connectivity index (χ4n) is 2.80. The van der Waals surface area contributed by atoms with E-state index >= 15 is 0 Å². The number of nitrogens with zero attached hydrogens (tertiary/aromatic N) is 1. The minimum atomic E-state index is 0.590. The summed E-state index contributed by atoms with van der Waals surface area (Å²) in [6.45, 7) is 8.79. The van der Waals surface area contributed by atoms with Crippen molar-refractivity contribution in [3.05, 3.63) is 29.1 Å². The van der Waals surface area contributed by atoms with Crippen LogP contribution in [0.4, 0.5) is 0 Å². The predicted octanol–water partition coefficient (Wildman–Crippen LogP) is 4.86. The summed E-state index contributed by atoms with van der Waals surface area (Å²) in [5, 5.41) is 0. The lowest BCUT2D eigenvalue weighted by Crippen LogP contribution is -2.00. The molecule has 2 aromatic rings. The molecule has 98 valence electrons. The lowest BCUT2D eigenvalue weighted by molar-refractivity contribution is 0.539. The first-order valence-electron chi connectivity index (χ1n) is 7.12. The maximum atomic E-state index is 4.84. The van der Waals surface area contributed by atoms with E-state index in [0.29, 0.717) is 5.92 Å². The van der Waals surface area contributed by atoms with Gasteiger partial charge >= 0.3 is 0 Å². The molecule has 0 atom stereocenters.